The number of ether oxygens (including phenoxy) is 6. The van der Waals surface area contributed by atoms with Crippen molar-refractivity contribution >= 4 is 52.7 Å². The number of nitrogens with zero attached hydrogens (tertiary/aromatic N) is 6. The van der Waals surface area contributed by atoms with E-state index in [1.54, 1.807) is 86.6 Å². The van der Waals surface area contributed by atoms with Crippen molar-refractivity contribution in [2.75, 3.05) is 60.0 Å². The number of piperazine rings is 1. The molecule has 4 aliphatic heterocycles. The molecule has 0 radical (unpaired) electrons. The van der Waals surface area contributed by atoms with Gasteiger partial charge >= 0.3 is 24.3 Å². The Morgan fingerprint density at radius 3 is 2.44 bits per heavy atom. The predicted octanol–water partition coefficient (Wildman–Crippen LogP) is 8.30. The van der Waals surface area contributed by atoms with Crippen LogP contribution in [0.3, 0.4) is 0 Å². The van der Waals surface area contributed by atoms with Crippen molar-refractivity contribution in [1.29, 1.82) is 0 Å². The van der Waals surface area contributed by atoms with Crippen LogP contribution in [0, 0.1) is 17.7 Å². The van der Waals surface area contributed by atoms with Crippen LogP contribution in [0.4, 0.5) is 18.8 Å². The topological polar surface area (TPSA) is 209 Å². The highest BCUT2D eigenvalue weighted by atomic mass is 35.5. The average molecular weight is 1100 g/mol. The molecule has 0 saturated carbocycles. The molecular weight excluding hydrogens is 1040 g/mol. The third-order valence-electron chi connectivity index (χ3n) is 14.5. The van der Waals surface area contributed by atoms with E-state index >= 15 is 4.39 Å². The Hall–Kier alpha value is -8.15. The molecule has 9 rings (SSSR count). The number of rotatable bonds is 11. The number of carbonyl (C=O) groups is 5. The van der Waals surface area contributed by atoms with Gasteiger partial charge in [-0.1, -0.05) is 44.0 Å². The minimum absolute atomic E-state index is 0.000979. The van der Waals surface area contributed by atoms with Gasteiger partial charge in [-0.15, -0.1) is 5.92 Å². The number of carbonyl (C=O) groups excluding carboxylic acids is 5. The Kier molecular flexibility index (Phi) is 15.4. The number of amides is 3. The predicted molar refractivity (Wildman–Crippen MR) is 288 cm³/mol. The first-order chi connectivity index (χ1) is 37.6. The van der Waals surface area contributed by atoms with Gasteiger partial charge in [-0.3, -0.25) is 14.5 Å². The number of hydrogen-bond acceptors (Lipinski definition) is 15. The summed E-state index contributed by atoms with van der Waals surface area (Å²) in [5.41, 5.74) is 1.40. The zero-order valence-corrected chi connectivity index (χ0v) is 45.9. The molecule has 79 heavy (non-hydrogen) atoms. The maximum absolute atomic E-state index is 17.0. The Morgan fingerprint density at radius 1 is 0.987 bits per heavy atom. The monoisotopic (exact) mass is 1100 g/mol. The van der Waals surface area contributed by atoms with E-state index in [0.29, 0.717) is 41.0 Å². The number of aromatic hydroxyl groups is 1. The highest BCUT2D eigenvalue weighted by Crippen LogP contribution is 2.46. The van der Waals surface area contributed by atoms with Gasteiger partial charge in [0.15, 0.2) is 11.6 Å². The van der Waals surface area contributed by atoms with Crippen LogP contribution in [0.15, 0.2) is 65.5 Å². The number of hydrogen-bond donors (Lipinski definition) is 1. The van der Waals surface area contributed by atoms with Gasteiger partial charge in [-0.05, 0) is 88.6 Å². The fraction of sp³-hybridized carbons (Fsp3) is 0.397. The number of fused-ring (bicyclic) bond motifs is 7. The van der Waals surface area contributed by atoms with Crippen molar-refractivity contribution in [2.24, 2.45) is 0 Å². The number of benzene rings is 3. The molecule has 3 aromatic carbocycles. The van der Waals surface area contributed by atoms with Crippen LogP contribution in [0.2, 0.25) is 5.02 Å². The fourth-order valence-corrected chi connectivity index (χ4v) is 10.7. The third kappa shape index (κ3) is 10.6. The molecule has 1 saturated heterocycles. The second kappa shape index (κ2) is 21.9. The first-order valence-corrected chi connectivity index (χ1v) is 26.2. The molecule has 21 heteroatoms. The summed E-state index contributed by atoms with van der Waals surface area (Å²) >= 11 is 6.68. The Labute approximate surface area is 460 Å². The number of halogens is 2. The minimum Gasteiger partial charge on any atom is -0.508 e. The lowest BCUT2D eigenvalue weighted by molar-refractivity contribution is -0.173. The summed E-state index contributed by atoms with van der Waals surface area (Å²) in [5.74, 6) is 3.78. The van der Waals surface area contributed by atoms with E-state index in [2.05, 4.69) is 23.3 Å². The molecule has 0 unspecified atom stereocenters. The van der Waals surface area contributed by atoms with E-state index in [4.69, 9.17) is 45.0 Å². The molecule has 4 aliphatic rings. The van der Waals surface area contributed by atoms with Gasteiger partial charge in [-0.25, -0.2) is 28.6 Å². The molecule has 414 valence electrons. The Morgan fingerprint density at radius 2 is 1.73 bits per heavy atom. The van der Waals surface area contributed by atoms with E-state index < -0.39 is 59.4 Å². The Bertz CT molecular complexity index is 3510. The van der Waals surface area contributed by atoms with Crippen LogP contribution >= 0.6 is 11.6 Å². The van der Waals surface area contributed by atoms with Gasteiger partial charge in [0.2, 0.25) is 5.60 Å². The summed E-state index contributed by atoms with van der Waals surface area (Å²) in [6.45, 7) is 14.7. The lowest BCUT2D eigenvalue weighted by atomic mass is 9.85. The fourth-order valence-electron chi connectivity index (χ4n) is 10.4. The molecule has 0 bridgehead atoms. The second-order valence-electron chi connectivity index (χ2n) is 20.8. The summed E-state index contributed by atoms with van der Waals surface area (Å²) in [5, 5.41) is 11.1. The van der Waals surface area contributed by atoms with Crippen LogP contribution in [-0.4, -0.2) is 136 Å². The molecule has 19 nitrogen and oxygen atoms in total. The third-order valence-corrected chi connectivity index (χ3v) is 14.8. The standard InChI is InChI=1S/C58H60ClFN6O13/c1-10-14-33-23-34-26-64-21-22-65(27-35(64)30-74-50(34)48(60)46(33)47-42(59)15-13-16-45(47)77-56(73)79-57(5,6)7)51(68)32(4)29-76-54(71)62(8)19-20-63(9)55(72)78-58(12-3)41-25-44-49-39(28-66(44)52(69)40(41)31-75-53(58)70)37(11-2)38-24-36(67)17-18-43(38)61-49/h13,15-18,23-25,35,67H,4,11-12,19-22,26-31H2,1-3,5-9H3/t35-,58+/m1/s1. The van der Waals surface area contributed by atoms with Crippen molar-refractivity contribution in [1.82, 2.24) is 29.2 Å². The van der Waals surface area contributed by atoms with Gasteiger partial charge in [-0.2, -0.15) is 0 Å². The number of esters is 1. The van der Waals surface area contributed by atoms with Crippen LogP contribution in [-0.2, 0) is 60.3 Å². The molecule has 6 heterocycles. The van der Waals surface area contributed by atoms with Gasteiger partial charge in [0.1, 0.15) is 36.9 Å². The maximum Gasteiger partial charge on any atom is 0.514 e. The summed E-state index contributed by atoms with van der Waals surface area (Å²) < 4.78 is 52.7. The van der Waals surface area contributed by atoms with Gasteiger partial charge in [0.05, 0.1) is 40.1 Å². The average Bonchev–Trinajstić information content (AvgIpc) is 3.69. The van der Waals surface area contributed by atoms with E-state index in [9.17, 15) is 33.9 Å². The quantitative estimate of drug-likeness (QED) is 0.0425. The van der Waals surface area contributed by atoms with Crippen molar-refractivity contribution in [2.45, 2.75) is 91.3 Å². The molecule has 2 atom stereocenters. The summed E-state index contributed by atoms with van der Waals surface area (Å²) in [6.07, 6.45) is -2.19. The molecule has 5 aromatic rings. The molecule has 0 aliphatic carbocycles. The van der Waals surface area contributed by atoms with Crippen LogP contribution < -0.4 is 15.0 Å². The van der Waals surface area contributed by atoms with Crippen LogP contribution in [0.25, 0.3) is 33.4 Å². The summed E-state index contributed by atoms with van der Waals surface area (Å²) in [6, 6.07) is 12.5. The first-order valence-electron chi connectivity index (χ1n) is 25.8. The largest absolute Gasteiger partial charge is 0.514 e. The molecule has 1 fully saturated rings. The number of pyridine rings is 2. The maximum atomic E-state index is 17.0. The van der Waals surface area contributed by atoms with Crippen LogP contribution in [0.5, 0.6) is 17.2 Å². The number of phenols is 1. The van der Waals surface area contributed by atoms with Crippen molar-refractivity contribution in [3.63, 3.8) is 0 Å². The van der Waals surface area contributed by atoms with Crippen LogP contribution in [0.1, 0.15) is 81.3 Å². The van der Waals surface area contributed by atoms with E-state index in [0.717, 1.165) is 16.5 Å². The smallest absolute Gasteiger partial charge is 0.508 e. The molecule has 2 aromatic heterocycles. The Balaban J connectivity index is 0.808. The second-order valence-corrected chi connectivity index (χ2v) is 21.2. The van der Waals surface area contributed by atoms with E-state index in [-0.39, 0.29) is 115 Å². The number of phenolic OH excluding ortho intramolecular Hbond substituents is 1. The van der Waals surface area contributed by atoms with Crippen molar-refractivity contribution in [3.05, 3.63) is 115 Å². The normalized spacial score (nSPS) is 17.2. The number of aryl methyl sites for hydroxylation is 1. The van der Waals surface area contributed by atoms with Crippen molar-refractivity contribution in [3.8, 4) is 51.6 Å². The van der Waals surface area contributed by atoms with E-state index in [1.165, 1.54) is 30.0 Å². The zero-order chi connectivity index (χ0) is 56.8. The van der Waals surface area contributed by atoms with Crippen molar-refractivity contribution < 1.29 is 61.9 Å². The van der Waals surface area contributed by atoms with E-state index in [1.807, 2.05) is 6.92 Å². The van der Waals surface area contributed by atoms with Gasteiger partial charge < -0.3 is 52.8 Å². The highest BCUT2D eigenvalue weighted by Gasteiger charge is 2.51. The number of cyclic esters (lactones) is 1. The first kappa shape index (κ1) is 55.6. The van der Waals surface area contributed by atoms with Gasteiger partial charge in [0, 0.05) is 97.7 Å². The molecule has 1 N–H and O–H groups in total. The molecular formula is C58H60ClFN6O13. The molecule has 0 spiro atoms. The summed E-state index contributed by atoms with van der Waals surface area (Å²) in [4.78, 5) is 92.4. The number of aromatic nitrogens is 2. The lowest BCUT2D eigenvalue weighted by Gasteiger charge is -2.40. The minimum atomic E-state index is -1.98. The zero-order valence-electron chi connectivity index (χ0n) is 45.2. The summed E-state index contributed by atoms with van der Waals surface area (Å²) in [7, 11) is 2.88. The molecule has 3 amide bonds. The number of likely N-dealkylation sites (N-methyl/N-ethyl adjacent to an activating group) is 2. The van der Waals surface area contributed by atoms with Gasteiger partial charge in [0.25, 0.3) is 11.5 Å². The highest BCUT2D eigenvalue weighted by molar-refractivity contribution is 6.34. The SMILES string of the molecule is C=C(COC(=O)N(C)CCN(C)C(=O)O[C@]1(CC)C(=O)OCc2c1cc1n(c2=O)Cc2c-1nc1ccc(O)cc1c2CC)C(=O)N1CCN2Cc3cc(C#CC)c(-c4c(Cl)cccc4OC(=O)OC(C)(C)C)c(F)c3OC[C@H]2C1. The lowest BCUT2D eigenvalue weighted by Crippen LogP contribution is -2.56.